The van der Waals surface area contributed by atoms with Crippen molar-refractivity contribution < 1.29 is 14.4 Å². The number of aromatic nitrogens is 1. The SMILES string of the molecule is CC(=O)ON1c2c(ccc3ccccc23)NC(=O)C1c1cn(CCCN)c2ccccc12. The fraction of sp³-hybridized carbons (Fsp3) is 0.200. The number of amides is 1. The van der Waals surface area contributed by atoms with Gasteiger partial charge in [-0.05, 0) is 30.5 Å². The number of hydroxylamine groups is 1. The van der Waals surface area contributed by atoms with Crippen molar-refractivity contribution >= 4 is 44.9 Å². The quantitative estimate of drug-likeness (QED) is 0.499. The van der Waals surface area contributed by atoms with Gasteiger partial charge in [0.05, 0.1) is 5.69 Å². The second kappa shape index (κ2) is 8.01. The predicted molar refractivity (Wildman–Crippen MR) is 125 cm³/mol. The van der Waals surface area contributed by atoms with Gasteiger partial charge < -0.3 is 20.5 Å². The van der Waals surface area contributed by atoms with Gasteiger partial charge in [0.15, 0.2) is 6.04 Å². The number of nitrogens with zero attached hydrogens (tertiary/aromatic N) is 2. The molecule has 2 heterocycles. The third kappa shape index (κ3) is 3.27. The second-order valence-electron chi connectivity index (χ2n) is 7.92. The Kier molecular flexibility index (Phi) is 5.03. The lowest BCUT2D eigenvalue weighted by molar-refractivity contribution is -0.144. The van der Waals surface area contributed by atoms with E-state index in [1.807, 2.05) is 66.9 Å². The van der Waals surface area contributed by atoms with Crippen molar-refractivity contribution in [1.29, 1.82) is 0 Å². The number of carbonyl (C=O) groups is 2. The van der Waals surface area contributed by atoms with Crippen LogP contribution in [0.1, 0.15) is 24.9 Å². The maximum absolute atomic E-state index is 13.4. The molecule has 0 spiro atoms. The molecule has 5 rings (SSSR count). The van der Waals surface area contributed by atoms with Gasteiger partial charge in [-0.25, -0.2) is 0 Å². The van der Waals surface area contributed by atoms with E-state index in [0.29, 0.717) is 17.9 Å². The summed E-state index contributed by atoms with van der Waals surface area (Å²) in [6, 6.07) is 18.7. The number of fused-ring (bicyclic) bond motifs is 4. The minimum atomic E-state index is -0.832. The Morgan fingerprint density at radius 2 is 1.81 bits per heavy atom. The maximum atomic E-state index is 13.4. The minimum absolute atomic E-state index is 0.254. The van der Waals surface area contributed by atoms with Crippen molar-refractivity contribution in [3.63, 3.8) is 0 Å². The van der Waals surface area contributed by atoms with Crippen LogP contribution in [-0.4, -0.2) is 23.0 Å². The molecule has 4 aromatic rings. The van der Waals surface area contributed by atoms with Gasteiger partial charge in [0.1, 0.15) is 5.69 Å². The summed E-state index contributed by atoms with van der Waals surface area (Å²) in [6.07, 6.45) is 2.79. The molecule has 1 aliphatic heterocycles. The van der Waals surface area contributed by atoms with Gasteiger partial charge >= 0.3 is 5.97 Å². The summed E-state index contributed by atoms with van der Waals surface area (Å²) in [5.41, 5.74) is 8.79. The fourth-order valence-corrected chi connectivity index (χ4v) is 4.47. The van der Waals surface area contributed by atoms with Crippen LogP contribution in [0, 0.1) is 0 Å². The van der Waals surface area contributed by atoms with E-state index in [1.54, 1.807) is 0 Å². The Labute approximate surface area is 185 Å². The van der Waals surface area contributed by atoms with Crippen LogP contribution in [-0.2, 0) is 21.0 Å². The molecule has 0 fully saturated rings. The molecule has 162 valence electrons. The van der Waals surface area contributed by atoms with Crippen molar-refractivity contribution in [2.24, 2.45) is 5.73 Å². The molecule has 0 bridgehead atoms. The molecule has 1 amide bonds. The highest BCUT2D eigenvalue weighted by Crippen LogP contribution is 2.44. The van der Waals surface area contributed by atoms with Crippen molar-refractivity contribution in [3.8, 4) is 0 Å². The molecule has 7 nitrogen and oxygen atoms in total. The predicted octanol–water partition coefficient (Wildman–Crippen LogP) is 4.12. The molecule has 0 saturated heterocycles. The molecule has 1 aliphatic rings. The molecule has 0 saturated carbocycles. The lowest BCUT2D eigenvalue weighted by Gasteiger charge is -2.36. The normalized spacial score (nSPS) is 15.6. The van der Waals surface area contributed by atoms with Gasteiger partial charge in [-0.2, -0.15) is 5.06 Å². The van der Waals surface area contributed by atoms with E-state index in [4.69, 9.17) is 10.6 Å². The number of hydrogen-bond donors (Lipinski definition) is 2. The van der Waals surface area contributed by atoms with Crippen LogP contribution in [0.4, 0.5) is 11.4 Å². The average molecular weight is 428 g/mol. The van der Waals surface area contributed by atoms with Gasteiger partial charge in [0.2, 0.25) is 0 Å². The van der Waals surface area contributed by atoms with Crippen molar-refractivity contribution in [3.05, 3.63) is 72.4 Å². The lowest BCUT2D eigenvalue weighted by atomic mass is 9.99. The summed E-state index contributed by atoms with van der Waals surface area (Å²) in [5.74, 6) is -0.744. The third-order valence-electron chi connectivity index (χ3n) is 5.81. The molecule has 3 aromatic carbocycles. The number of rotatable bonds is 5. The number of aryl methyl sites for hydroxylation is 1. The van der Waals surface area contributed by atoms with E-state index in [1.165, 1.54) is 12.0 Å². The molecule has 32 heavy (non-hydrogen) atoms. The lowest BCUT2D eigenvalue weighted by Crippen LogP contribution is -2.42. The van der Waals surface area contributed by atoms with Crippen LogP contribution in [0.25, 0.3) is 21.7 Å². The monoisotopic (exact) mass is 428 g/mol. The standard InChI is InChI=1S/C25H24N4O3/c1-16(30)32-29-23-18-8-3-2-7-17(18)11-12-21(23)27-25(31)24(29)20-15-28(14-6-13-26)22-10-5-4-9-19(20)22/h2-5,7-12,15,24H,6,13-14,26H2,1H3,(H,27,31). The molecule has 0 radical (unpaired) electrons. The first-order valence-corrected chi connectivity index (χ1v) is 10.7. The first kappa shape index (κ1) is 20.1. The van der Waals surface area contributed by atoms with Crippen LogP contribution in [0.3, 0.4) is 0 Å². The molecule has 7 heteroatoms. The molecule has 1 atom stereocenters. The molecule has 3 N–H and O–H groups in total. The number of para-hydroxylation sites is 1. The zero-order valence-corrected chi connectivity index (χ0v) is 17.7. The molecular formula is C25H24N4O3. The molecule has 1 aromatic heterocycles. The van der Waals surface area contributed by atoms with Crippen molar-refractivity contribution in [2.75, 3.05) is 16.9 Å². The summed E-state index contributed by atoms with van der Waals surface area (Å²) in [7, 11) is 0. The third-order valence-corrected chi connectivity index (χ3v) is 5.81. The maximum Gasteiger partial charge on any atom is 0.329 e. The number of nitrogens with two attached hydrogens (primary N) is 1. The Balaban J connectivity index is 1.73. The number of benzene rings is 3. The average Bonchev–Trinajstić information content (AvgIpc) is 3.15. The van der Waals surface area contributed by atoms with E-state index in [-0.39, 0.29) is 5.91 Å². The van der Waals surface area contributed by atoms with E-state index in [9.17, 15) is 9.59 Å². The second-order valence-corrected chi connectivity index (χ2v) is 7.92. The highest BCUT2D eigenvalue weighted by atomic mass is 16.7. The molecule has 1 unspecified atom stereocenters. The van der Waals surface area contributed by atoms with Gasteiger partial charge in [-0.1, -0.05) is 48.5 Å². The Hall–Kier alpha value is -3.84. The summed E-state index contributed by atoms with van der Waals surface area (Å²) >= 11 is 0. The summed E-state index contributed by atoms with van der Waals surface area (Å²) in [4.78, 5) is 31.2. The zero-order valence-electron chi connectivity index (χ0n) is 17.7. The fourth-order valence-electron chi connectivity index (χ4n) is 4.47. The number of carbonyl (C=O) groups excluding carboxylic acids is 2. The van der Waals surface area contributed by atoms with E-state index < -0.39 is 12.0 Å². The van der Waals surface area contributed by atoms with Crippen LogP contribution in [0.2, 0.25) is 0 Å². The Bertz CT molecular complexity index is 1340. The van der Waals surface area contributed by atoms with Gasteiger partial charge in [-0.15, -0.1) is 0 Å². The Morgan fingerprint density at radius 3 is 2.59 bits per heavy atom. The topological polar surface area (TPSA) is 89.6 Å². The smallest absolute Gasteiger partial charge is 0.329 e. The van der Waals surface area contributed by atoms with E-state index >= 15 is 0 Å². The zero-order chi connectivity index (χ0) is 22.2. The van der Waals surface area contributed by atoms with Gasteiger partial charge in [0.25, 0.3) is 5.91 Å². The highest BCUT2D eigenvalue weighted by molar-refractivity contribution is 6.12. The number of anilines is 2. The summed E-state index contributed by atoms with van der Waals surface area (Å²) < 4.78 is 2.11. The summed E-state index contributed by atoms with van der Waals surface area (Å²) in [6.45, 7) is 2.65. The van der Waals surface area contributed by atoms with E-state index in [0.717, 1.165) is 40.2 Å². The van der Waals surface area contributed by atoms with Crippen LogP contribution in [0.5, 0.6) is 0 Å². The van der Waals surface area contributed by atoms with Gasteiger partial charge in [-0.3, -0.25) is 9.59 Å². The van der Waals surface area contributed by atoms with E-state index in [2.05, 4.69) is 9.88 Å². The first-order chi connectivity index (χ1) is 15.6. The largest absolute Gasteiger partial charge is 0.347 e. The highest BCUT2D eigenvalue weighted by Gasteiger charge is 2.39. The van der Waals surface area contributed by atoms with Crippen molar-refractivity contribution in [1.82, 2.24) is 4.57 Å². The summed E-state index contributed by atoms with van der Waals surface area (Å²) in [5, 5.41) is 7.30. The Morgan fingerprint density at radius 1 is 1.06 bits per heavy atom. The van der Waals surface area contributed by atoms with Crippen LogP contribution < -0.4 is 16.1 Å². The molecule has 0 aliphatic carbocycles. The number of nitrogens with one attached hydrogen (secondary N) is 1. The first-order valence-electron chi connectivity index (χ1n) is 10.7. The van der Waals surface area contributed by atoms with Crippen LogP contribution >= 0.6 is 0 Å². The minimum Gasteiger partial charge on any atom is -0.347 e. The van der Waals surface area contributed by atoms with Gasteiger partial charge in [0, 0.05) is 41.5 Å². The number of hydrogen-bond acceptors (Lipinski definition) is 5. The van der Waals surface area contributed by atoms with Crippen LogP contribution in [0.15, 0.2) is 66.9 Å². The molecular weight excluding hydrogens is 404 g/mol. The van der Waals surface area contributed by atoms with Crippen molar-refractivity contribution in [2.45, 2.75) is 25.9 Å².